The fourth-order valence-electron chi connectivity index (χ4n) is 3.59. The van der Waals surface area contributed by atoms with Gasteiger partial charge in [0, 0.05) is 43.9 Å². The molecule has 0 radical (unpaired) electrons. The van der Waals surface area contributed by atoms with Gasteiger partial charge in [0.25, 0.3) is 5.91 Å². The summed E-state index contributed by atoms with van der Waals surface area (Å²) < 4.78 is 5.89. The van der Waals surface area contributed by atoms with Crippen LogP contribution in [0.25, 0.3) is 11.5 Å². The highest BCUT2D eigenvalue weighted by molar-refractivity contribution is 5.94. The first-order valence-corrected chi connectivity index (χ1v) is 10.1. The number of oxazole rings is 1. The van der Waals surface area contributed by atoms with E-state index in [-0.39, 0.29) is 5.91 Å². The molecule has 2 aromatic carbocycles. The molecule has 152 valence electrons. The molecule has 6 nitrogen and oxygen atoms in total. The Balaban J connectivity index is 1.36. The van der Waals surface area contributed by atoms with E-state index in [0.29, 0.717) is 36.7 Å². The van der Waals surface area contributed by atoms with Crippen LogP contribution in [-0.4, -0.2) is 46.9 Å². The second-order valence-corrected chi connectivity index (χ2v) is 7.65. The summed E-state index contributed by atoms with van der Waals surface area (Å²) in [4.78, 5) is 21.6. The summed E-state index contributed by atoms with van der Waals surface area (Å²) in [5.74, 6) is 1.50. The van der Waals surface area contributed by atoms with Crippen molar-refractivity contribution in [1.82, 2.24) is 14.8 Å². The smallest absolute Gasteiger partial charge is 0.253 e. The number of piperazine rings is 1. The van der Waals surface area contributed by atoms with Gasteiger partial charge in [0.15, 0.2) is 0 Å². The van der Waals surface area contributed by atoms with Gasteiger partial charge >= 0.3 is 0 Å². The molecule has 1 aliphatic rings. The summed E-state index contributed by atoms with van der Waals surface area (Å²) in [6.07, 6.45) is 0. The number of rotatable bonds is 4. The number of hydrogen-bond donors (Lipinski definition) is 0. The largest absolute Gasteiger partial charge is 0.441 e. The zero-order valence-electron chi connectivity index (χ0n) is 17.3. The minimum Gasteiger partial charge on any atom is -0.441 e. The highest BCUT2D eigenvalue weighted by Gasteiger charge is 2.23. The summed E-state index contributed by atoms with van der Waals surface area (Å²) in [5, 5.41) is 8.90. The number of benzene rings is 2. The second-order valence-electron chi connectivity index (χ2n) is 7.65. The minimum atomic E-state index is 0.0124. The van der Waals surface area contributed by atoms with Gasteiger partial charge in [-0.05, 0) is 50.2 Å². The fraction of sp³-hybridized carbons (Fsp3) is 0.292. The first-order valence-electron chi connectivity index (χ1n) is 10.1. The highest BCUT2D eigenvalue weighted by Crippen LogP contribution is 2.23. The molecule has 0 bridgehead atoms. The van der Waals surface area contributed by atoms with E-state index in [2.05, 4.69) is 30.0 Å². The molecule has 0 saturated carbocycles. The molecule has 2 heterocycles. The number of amides is 1. The van der Waals surface area contributed by atoms with E-state index >= 15 is 0 Å². The molecule has 30 heavy (non-hydrogen) atoms. The van der Waals surface area contributed by atoms with Crippen molar-refractivity contribution in [3.63, 3.8) is 0 Å². The molecule has 1 fully saturated rings. The van der Waals surface area contributed by atoms with Crippen molar-refractivity contribution < 1.29 is 9.21 Å². The van der Waals surface area contributed by atoms with E-state index in [1.807, 2.05) is 24.0 Å². The van der Waals surface area contributed by atoms with Gasteiger partial charge in [0.05, 0.1) is 17.3 Å². The minimum absolute atomic E-state index is 0.0124. The molecule has 0 spiro atoms. The quantitative estimate of drug-likeness (QED) is 0.666. The first-order chi connectivity index (χ1) is 14.5. The molecule has 0 atom stereocenters. The van der Waals surface area contributed by atoms with Crippen LogP contribution in [0.2, 0.25) is 0 Å². The molecule has 1 aromatic heterocycles. The van der Waals surface area contributed by atoms with Crippen LogP contribution in [0.15, 0.2) is 52.9 Å². The molecular formula is C24H24N4O2. The predicted molar refractivity (Wildman–Crippen MR) is 114 cm³/mol. The number of aromatic nitrogens is 1. The van der Waals surface area contributed by atoms with Gasteiger partial charge in [-0.25, -0.2) is 4.98 Å². The Labute approximate surface area is 176 Å². The second kappa shape index (κ2) is 8.52. The van der Waals surface area contributed by atoms with Crippen molar-refractivity contribution >= 4 is 5.91 Å². The summed E-state index contributed by atoms with van der Waals surface area (Å²) in [6, 6.07) is 17.0. The Morgan fingerprint density at radius 1 is 1.03 bits per heavy atom. The van der Waals surface area contributed by atoms with Crippen LogP contribution >= 0.6 is 0 Å². The number of carbonyl (C=O) groups excluding carboxylic acids is 1. The molecule has 0 N–H and O–H groups in total. The average molecular weight is 400 g/mol. The van der Waals surface area contributed by atoms with Gasteiger partial charge in [0.2, 0.25) is 5.89 Å². The normalized spacial score (nSPS) is 14.5. The summed E-state index contributed by atoms with van der Waals surface area (Å²) >= 11 is 0. The van der Waals surface area contributed by atoms with E-state index in [1.54, 1.807) is 24.3 Å². The number of nitrogens with zero attached hydrogens (tertiary/aromatic N) is 4. The maximum Gasteiger partial charge on any atom is 0.253 e. The van der Waals surface area contributed by atoms with E-state index in [0.717, 1.165) is 30.1 Å². The lowest BCUT2D eigenvalue weighted by Crippen LogP contribution is -2.48. The Kier molecular flexibility index (Phi) is 5.64. The molecule has 3 aromatic rings. The van der Waals surface area contributed by atoms with Crippen LogP contribution in [0.1, 0.15) is 32.9 Å². The lowest BCUT2D eigenvalue weighted by atomic mass is 10.1. The lowest BCUT2D eigenvalue weighted by Gasteiger charge is -2.34. The fourth-order valence-corrected chi connectivity index (χ4v) is 3.59. The maximum atomic E-state index is 12.7. The number of carbonyl (C=O) groups is 1. The van der Waals surface area contributed by atoms with Gasteiger partial charge in [-0.1, -0.05) is 17.7 Å². The third kappa shape index (κ3) is 4.27. The standard InChI is InChI=1S/C24H24N4O2/c1-17-3-7-20(8-4-17)23-26-22(18(2)30-23)16-27-11-13-28(14-12-27)24(29)21-9-5-19(15-25)6-10-21/h3-10H,11-14,16H2,1-2H3. The predicted octanol–water partition coefficient (Wildman–Crippen LogP) is 3.79. The molecule has 1 amide bonds. The maximum absolute atomic E-state index is 12.7. The summed E-state index contributed by atoms with van der Waals surface area (Å²) in [6.45, 7) is 7.62. The first kappa shape index (κ1) is 19.9. The summed E-state index contributed by atoms with van der Waals surface area (Å²) in [7, 11) is 0. The average Bonchev–Trinajstić information content (AvgIpc) is 3.14. The molecule has 6 heteroatoms. The van der Waals surface area contributed by atoms with Gasteiger partial charge in [0.1, 0.15) is 5.76 Å². The Hall–Kier alpha value is -3.43. The zero-order valence-corrected chi connectivity index (χ0v) is 17.3. The van der Waals surface area contributed by atoms with Gasteiger partial charge in [-0.3, -0.25) is 9.69 Å². The molecule has 1 saturated heterocycles. The van der Waals surface area contributed by atoms with E-state index < -0.39 is 0 Å². The third-order valence-electron chi connectivity index (χ3n) is 5.49. The Morgan fingerprint density at radius 3 is 2.33 bits per heavy atom. The number of hydrogen-bond acceptors (Lipinski definition) is 5. The Morgan fingerprint density at radius 2 is 1.70 bits per heavy atom. The van der Waals surface area contributed by atoms with Crippen molar-refractivity contribution in [2.24, 2.45) is 0 Å². The van der Waals surface area contributed by atoms with Crippen molar-refractivity contribution in [3.8, 4) is 17.5 Å². The molecule has 1 aliphatic heterocycles. The van der Waals surface area contributed by atoms with Crippen LogP contribution < -0.4 is 0 Å². The SMILES string of the molecule is Cc1ccc(-c2nc(CN3CCN(C(=O)c4ccc(C#N)cc4)CC3)c(C)o2)cc1. The van der Waals surface area contributed by atoms with Crippen molar-refractivity contribution in [1.29, 1.82) is 5.26 Å². The molecule has 4 rings (SSSR count). The van der Waals surface area contributed by atoms with Crippen molar-refractivity contribution in [2.45, 2.75) is 20.4 Å². The monoisotopic (exact) mass is 400 g/mol. The number of aryl methyl sites for hydroxylation is 2. The molecule has 0 aliphatic carbocycles. The summed E-state index contributed by atoms with van der Waals surface area (Å²) in [5.41, 5.74) is 4.31. The van der Waals surface area contributed by atoms with E-state index in [1.165, 1.54) is 5.56 Å². The van der Waals surface area contributed by atoms with Crippen molar-refractivity contribution in [2.75, 3.05) is 26.2 Å². The van der Waals surface area contributed by atoms with Crippen LogP contribution in [-0.2, 0) is 6.54 Å². The lowest BCUT2D eigenvalue weighted by molar-refractivity contribution is 0.0626. The van der Waals surface area contributed by atoms with Crippen LogP contribution in [0.3, 0.4) is 0 Å². The van der Waals surface area contributed by atoms with Gasteiger partial charge in [-0.2, -0.15) is 5.26 Å². The third-order valence-corrected chi connectivity index (χ3v) is 5.49. The van der Waals surface area contributed by atoms with Crippen LogP contribution in [0.5, 0.6) is 0 Å². The van der Waals surface area contributed by atoms with Crippen molar-refractivity contribution in [3.05, 3.63) is 76.7 Å². The van der Waals surface area contributed by atoms with Crippen LogP contribution in [0, 0.1) is 25.2 Å². The van der Waals surface area contributed by atoms with Gasteiger partial charge < -0.3 is 9.32 Å². The molecular weight excluding hydrogens is 376 g/mol. The zero-order chi connectivity index (χ0) is 21.1. The topological polar surface area (TPSA) is 73.4 Å². The van der Waals surface area contributed by atoms with E-state index in [9.17, 15) is 4.79 Å². The number of nitriles is 1. The van der Waals surface area contributed by atoms with Crippen LogP contribution in [0.4, 0.5) is 0 Å². The van der Waals surface area contributed by atoms with E-state index in [4.69, 9.17) is 14.7 Å². The van der Waals surface area contributed by atoms with Gasteiger partial charge in [-0.15, -0.1) is 0 Å². The highest BCUT2D eigenvalue weighted by atomic mass is 16.4. The molecule has 0 unspecified atom stereocenters. The Bertz CT molecular complexity index is 1070.